The molecule has 3 rings (SSSR count). The van der Waals surface area contributed by atoms with E-state index in [1.807, 2.05) is 47.0 Å². The first-order valence-corrected chi connectivity index (χ1v) is 11.0. The summed E-state index contributed by atoms with van der Waals surface area (Å²) in [5, 5.41) is 15.7. The number of para-hydroxylation sites is 1. The molecule has 7 nitrogen and oxygen atoms in total. The number of fused-ring (bicyclic) bond motifs is 1. The van der Waals surface area contributed by atoms with E-state index in [0.29, 0.717) is 13.1 Å². The lowest BCUT2D eigenvalue weighted by molar-refractivity contribution is -0.159. The number of nitrogens with zero attached hydrogens (tertiary/aromatic N) is 2. The number of likely N-dealkylation sites (N-methyl/N-ethyl adjacent to an activating group) is 1. The molecule has 0 fully saturated rings. The van der Waals surface area contributed by atoms with Crippen molar-refractivity contribution in [3.05, 3.63) is 59.1 Å². The van der Waals surface area contributed by atoms with Crippen molar-refractivity contribution in [2.24, 2.45) is 0 Å². The van der Waals surface area contributed by atoms with Gasteiger partial charge in [-0.25, -0.2) is 9.59 Å². The minimum Gasteiger partial charge on any atom is -0.473 e. The fourth-order valence-corrected chi connectivity index (χ4v) is 4.45. The van der Waals surface area contributed by atoms with Crippen LogP contribution in [0.15, 0.2) is 53.4 Å². The summed E-state index contributed by atoms with van der Waals surface area (Å²) in [6.45, 7) is 7.09. The lowest BCUT2D eigenvalue weighted by atomic mass is 10.1. The highest BCUT2D eigenvalue weighted by atomic mass is 35.5. The van der Waals surface area contributed by atoms with E-state index in [1.54, 1.807) is 0 Å². The predicted octanol–water partition coefficient (Wildman–Crippen LogP) is 4.02. The first-order valence-electron chi connectivity index (χ1n) is 9.76. The summed E-state index contributed by atoms with van der Waals surface area (Å²) in [6, 6.07) is 16.1. The Labute approximate surface area is 190 Å². The van der Waals surface area contributed by atoms with E-state index in [9.17, 15) is 4.79 Å². The van der Waals surface area contributed by atoms with E-state index in [1.165, 1.54) is 5.56 Å². The summed E-state index contributed by atoms with van der Waals surface area (Å²) in [5.74, 6) is -3.49. The first kappa shape index (κ1) is 24.7. The number of hydrogen-bond donors (Lipinski definition) is 2. The highest BCUT2D eigenvalue weighted by Crippen LogP contribution is 2.45. The van der Waals surface area contributed by atoms with Crippen LogP contribution in [0.25, 0.3) is 0 Å². The number of benzene rings is 2. The summed E-state index contributed by atoms with van der Waals surface area (Å²) in [5.41, 5.74) is 2.22. The van der Waals surface area contributed by atoms with Crippen LogP contribution >= 0.6 is 23.4 Å². The van der Waals surface area contributed by atoms with Crippen LogP contribution in [0.2, 0.25) is 5.02 Å². The van der Waals surface area contributed by atoms with Crippen LogP contribution in [0, 0.1) is 0 Å². The summed E-state index contributed by atoms with van der Waals surface area (Å²) in [6.07, 6.45) is 0. The van der Waals surface area contributed by atoms with Crippen molar-refractivity contribution < 1.29 is 24.6 Å². The molecule has 0 spiro atoms. The number of halogens is 1. The molecule has 0 radical (unpaired) electrons. The lowest BCUT2D eigenvalue weighted by Gasteiger charge is -2.35. The Morgan fingerprint density at radius 1 is 1.03 bits per heavy atom. The SMILES string of the molecule is CCN(CC)CC(=O)N1CC(c2ccc(Cl)cc2)Sc2ccccc21.O=C(O)C(=O)O. The number of rotatable bonds is 5. The summed E-state index contributed by atoms with van der Waals surface area (Å²) >= 11 is 7.84. The molecule has 0 bridgehead atoms. The normalized spacial score (nSPS) is 15.0. The third-order valence-electron chi connectivity index (χ3n) is 4.75. The van der Waals surface area contributed by atoms with Crippen LogP contribution in [0.4, 0.5) is 5.69 Å². The monoisotopic (exact) mass is 464 g/mol. The fourth-order valence-electron chi connectivity index (χ4n) is 3.05. The number of carbonyl (C=O) groups is 3. The number of amides is 1. The van der Waals surface area contributed by atoms with Gasteiger partial charge in [-0.3, -0.25) is 9.69 Å². The molecule has 2 aromatic carbocycles. The summed E-state index contributed by atoms with van der Waals surface area (Å²) < 4.78 is 0. The van der Waals surface area contributed by atoms with Crippen LogP contribution in [0.5, 0.6) is 0 Å². The van der Waals surface area contributed by atoms with Crippen molar-refractivity contribution >= 4 is 46.9 Å². The summed E-state index contributed by atoms with van der Waals surface area (Å²) in [4.78, 5) is 36.4. The zero-order valence-corrected chi connectivity index (χ0v) is 18.9. The van der Waals surface area contributed by atoms with Gasteiger partial charge < -0.3 is 15.1 Å². The molecular formula is C22H25ClN2O5S. The van der Waals surface area contributed by atoms with E-state index in [-0.39, 0.29) is 11.2 Å². The number of anilines is 1. The summed E-state index contributed by atoms with van der Waals surface area (Å²) in [7, 11) is 0. The third kappa shape index (κ3) is 6.99. The number of thioether (sulfide) groups is 1. The van der Waals surface area contributed by atoms with E-state index < -0.39 is 11.9 Å². The Hall–Kier alpha value is -2.55. The quantitative estimate of drug-likeness (QED) is 0.645. The minimum atomic E-state index is -1.82. The second-order valence-corrected chi connectivity index (χ2v) is 8.38. The average molecular weight is 465 g/mol. The lowest BCUT2D eigenvalue weighted by Crippen LogP contribution is -2.43. The van der Waals surface area contributed by atoms with Crippen LogP contribution < -0.4 is 4.90 Å². The van der Waals surface area contributed by atoms with Gasteiger partial charge in [-0.1, -0.05) is 49.7 Å². The topological polar surface area (TPSA) is 98.2 Å². The van der Waals surface area contributed by atoms with Gasteiger partial charge in [-0.05, 0) is 42.9 Å². The highest BCUT2D eigenvalue weighted by Gasteiger charge is 2.30. The molecule has 9 heteroatoms. The Balaban J connectivity index is 0.000000501. The molecule has 2 aromatic rings. The molecule has 0 saturated carbocycles. The molecule has 1 aliphatic heterocycles. The third-order valence-corrected chi connectivity index (χ3v) is 6.31. The van der Waals surface area contributed by atoms with Crippen LogP contribution in [-0.4, -0.2) is 59.1 Å². The van der Waals surface area contributed by atoms with Crippen molar-refractivity contribution in [2.75, 3.05) is 31.1 Å². The van der Waals surface area contributed by atoms with Gasteiger partial charge in [-0.15, -0.1) is 11.8 Å². The van der Waals surface area contributed by atoms with Crippen molar-refractivity contribution in [3.63, 3.8) is 0 Å². The van der Waals surface area contributed by atoms with Crippen molar-refractivity contribution in [1.82, 2.24) is 4.90 Å². The zero-order valence-electron chi connectivity index (χ0n) is 17.3. The molecule has 1 aliphatic rings. The second kappa shape index (κ2) is 11.7. The van der Waals surface area contributed by atoms with Gasteiger partial charge >= 0.3 is 11.9 Å². The largest absolute Gasteiger partial charge is 0.473 e. The van der Waals surface area contributed by atoms with Gasteiger partial charge in [0, 0.05) is 16.5 Å². The fraction of sp³-hybridized carbons (Fsp3) is 0.318. The second-order valence-electron chi connectivity index (χ2n) is 6.70. The molecule has 1 unspecified atom stereocenters. The molecule has 1 amide bonds. The maximum atomic E-state index is 13.0. The van der Waals surface area contributed by atoms with E-state index in [4.69, 9.17) is 31.4 Å². The Morgan fingerprint density at radius 2 is 1.61 bits per heavy atom. The molecule has 0 saturated heterocycles. The Bertz CT molecular complexity index is 906. The van der Waals surface area contributed by atoms with Crippen molar-refractivity contribution in [2.45, 2.75) is 24.0 Å². The van der Waals surface area contributed by atoms with E-state index in [0.717, 1.165) is 28.7 Å². The minimum absolute atomic E-state index is 0.162. The molecular weight excluding hydrogens is 440 g/mol. The average Bonchev–Trinajstić information content (AvgIpc) is 2.77. The van der Waals surface area contributed by atoms with Gasteiger partial charge in [0.2, 0.25) is 5.91 Å². The zero-order chi connectivity index (χ0) is 23.0. The number of aliphatic carboxylic acids is 2. The van der Waals surface area contributed by atoms with Gasteiger partial charge in [0.1, 0.15) is 0 Å². The Morgan fingerprint density at radius 3 is 2.16 bits per heavy atom. The molecule has 0 aliphatic carbocycles. The van der Waals surface area contributed by atoms with Gasteiger partial charge in [0.05, 0.1) is 17.5 Å². The standard InChI is InChI=1S/C20H23ClN2OS.C2H2O4/c1-3-22(4-2)14-20(24)23-13-19(15-9-11-16(21)12-10-15)25-18-8-6-5-7-17(18)23;3-1(4)2(5)6/h5-12,19H,3-4,13-14H2,1-2H3;(H,3,4)(H,5,6). The molecule has 2 N–H and O–H groups in total. The molecule has 0 aromatic heterocycles. The first-order chi connectivity index (χ1) is 14.8. The maximum Gasteiger partial charge on any atom is 0.414 e. The van der Waals surface area contributed by atoms with Gasteiger partial charge in [0.15, 0.2) is 0 Å². The number of carbonyl (C=O) groups excluding carboxylic acids is 1. The van der Waals surface area contributed by atoms with E-state index in [2.05, 4.69) is 36.9 Å². The van der Waals surface area contributed by atoms with E-state index >= 15 is 0 Å². The number of hydrogen-bond acceptors (Lipinski definition) is 5. The van der Waals surface area contributed by atoms with Crippen LogP contribution in [0.3, 0.4) is 0 Å². The molecule has 31 heavy (non-hydrogen) atoms. The van der Waals surface area contributed by atoms with Crippen molar-refractivity contribution in [3.8, 4) is 0 Å². The maximum absolute atomic E-state index is 13.0. The van der Waals surface area contributed by atoms with Crippen molar-refractivity contribution in [1.29, 1.82) is 0 Å². The predicted molar refractivity (Wildman–Crippen MR) is 122 cm³/mol. The Kier molecular flexibility index (Phi) is 9.36. The number of carboxylic acid groups (broad SMARTS) is 2. The highest BCUT2D eigenvalue weighted by molar-refractivity contribution is 7.99. The molecule has 166 valence electrons. The smallest absolute Gasteiger partial charge is 0.414 e. The van der Waals surface area contributed by atoms with Gasteiger partial charge in [0.25, 0.3) is 0 Å². The number of carboxylic acids is 2. The van der Waals surface area contributed by atoms with Crippen LogP contribution in [-0.2, 0) is 14.4 Å². The van der Waals surface area contributed by atoms with Gasteiger partial charge in [-0.2, -0.15) is 0 Å². The molecule has 1 atom stereocenters. The molecule has 1 heterocycles. The van der Waals surface area contributed by atoms with Crippen LogP contribution in [0.1, 0.15) is 24.7 Å².